The number of hydrogen-bond donors (Lipinski definition) is 0. The minimum Gasteiger partial charge on any atom is -0.310 e. The summed E-state index contributed by atoms with van der Waals surface area (Å²) in [6, 6.07) is 101. The van der Waals surface area contributed by atoms with Crippen LogP contribution in [0.3, 0.4) is 0 Å². The van der Waals surface area contributed by atoms with E-state index in [1.807, 2.05) is 0 Å². The molecule has 3 aliphatic rings. The summed E-state index contributed by atoms with van der Waals surface area (Å²) in [4.78, 5) is 7.31. The van der Waals surface area contributed by atoms with Gasteiger partial charge in [0.05, 0.1) is 27.9 Å². The van der Waals surface area contributed by atoms with Crippen LogP contribution in [0.15, 0.2) is 273 Å². The predicted molar refractivity (Wildman–Crippen MR) is 296 cm³/mol. The molecule has 3 heteroatoms. The molecule has 0 unspecified atom stereocenters. The van der Waals surface area contributed by atoms with Crippen molar-refractivity contribution in [3.63, 3.8) is 0 Å². The molecule has 0 heterocycles. The summed E-state index contributed by atoms with van der Waals surface area (Å²) in [5.74, 6) is 0. The lowest BCUT2D eigenvalue weighted by Crippen LogP contribution is -2.42. The van der Waals surface area contributed by atoms with E-state index in [1.54, 1.807) is 0 Å². The normalized spacial score (nSPS) is 16.6. The Hall–Kier alpha value is -9.18. The van der Waals surface area contributed by atoms with Crippen LogP contribution in [0.5, 0.6) is 0 Å². The molecule has 0 radical (unpaired) electrons. The van der Waals surface area contributed by atoms with Crippen molar-refractivity contribution in [2.24, 2.45) is 0 Å². The first kappa shape index (κ1) is 39.8. The van der Waals surface area contributed by atoms with Gasteiger partial charge < -0.3 is 14.7 Å². The smallest absolute Gasteiger partial charge is 0.0648 e. The molecule has 332 valence electrons. The Morgan fingerprint density at radius 1 is 0.183 bits per heavy atom. The molecule has 3 nitrogen and oxygen atoms in total. The second-order valence-electron chi connectivity index (χ2n) is 19.1. The summed E-state index contributed by atoms with van der Waals surface area (Å²) >= 11 is 0. The molecular weight excluding hydrogens is 859 g/mol. The van der Waals surface area contributed by atoms with Crippen LogP contribution in [0.25, 0.3) is 32.3 Å². The first-order valence-electron chi connectivity index (χ1n) is 24.7. The Morgan fingerprint density at radius 2 is 0.394 bits per heavy atom. The molecule has 12 aromatic carbocycles. The minimum atomic E-state index is -0.590. The van der Waals surface area contributed by atoms with Crippen LogP contribution >= 0.6 is 0 Å². The van der Waals surface area contributed by atoms with Crippen LogP contribution in [0.1, 0.15) is 33.4 Å². The maximum Gasteiger partial charge on any atom is 0.0648 e. The van der Waals surface area contributed by atoms with Crippen molar-refractivity contribution >= 4 is 83.5 Å². The standard InChI is InChI=1S/C68H45N3/c1-7-22-46(23-8-1)69(47-24-9-2-10-25-47)61-43-40-58-64-52(61)34-19-37-55(64)67-56-38-20-35-53-62(70(48-26-11-3-12-27-48)49-28-13-4-14-29-49)44-41-59(65(53)56)68(58,67)60-42-45-63(54-36-21-39-57(67)66(54)60)71(50-30-15-5-16-31-50)51-32-17-6-18-33-51/h1-45H. The molecule has 0 atom stereocenters. The van der Waals surface area contributed by atoms with Crippen molar-refractivity contribution in [2.45, 2.75) is 10.8 Å². The Labute approximate surface area is 413 Å². The summed E-state index contributed by atoms with van der Waals surface area (Å²) in [7, 11) is 0. The average Bonchev–Trinajstić information content (AvgIpc) is 4.01. The predicted octanol–water partition coefficient (Wildman–Crippen LogP) is 17.9. The van der Waals surface area contributed by atoms with Gasteiger partial charge in [0.25, 0.3) is 0 Å². The molecule has 0 saturated carbocycles. The summed E-state index contributed by atoms with van der Waals surface area (Å²) in [6.45, 7) is 0. The highest BCUT2D eigenvalue weighted by molar-refractivity contribution is 6.18. The maximum atomic E-state index is 2.50. The third-order valence-corrected chi connectivity index (χ3v) is 15.8. The lowest BCUT2D eigenvalue weighted by molar-refractivity contribution is 0.492. The highest BCUT2D eigenvalue weighted by Crippen LogP contribution is 2.76. The first-order valence-corrected chi connectivity index (χ1v) is 24.7. The van der Waals surface area contributed by atoms with E-state index >= 15 is 0 Å². The van der Waals surface area contributed by atoms with Gasteiger partial charge in [0, 0.05) is 50.3 Å². The second-order valence-corrected chi connectivity index (χ2v) is 19.1. The number of benzene rings is 12. The van der Waals surface area contributed by atoms with E-state index in [9.17, 15) is 0 Å². The number of nitrogens with zero attached hydrogens (tertiary/aromatic N) is 3. The Morgan fingerprint density at radius 3 is 0.620 bits per heavy atom. The second kappa shape index (κ2) is 15.2. The van der Waals surface area contributed by atoms with Crippen LogP contribution in [0.2, 0.25) is 0 Å². The first-order chi connectivity index (χ1) is 35.3. The fourth-order valence-electron chi connectivity index (χ4n) is 13.5. The quantitative estimate of drug-likeness (QED) is 0.143. The molecule has 15 rings (SSSR count). The van der Waals surface area contributed by atoms with E-state index in [1.165, 1.54) is 82.8 Å². The van der Waals surface area contributed by atoms with E-state index in [4.69, 9.17) is 0 Å². The van der Waals surface area contributed by atoms with Gasteiger partial charge in [0.15, 0.2) is 0 Å². The SMILES string of the molecule is c1ccc(N(c2ccccc2)c2ccc3c4c(cccc24)C24c5cccc6c(N(c7ccccc7)c7ccccc7)ccc(c56)C32c2ccc(N(c3ccccc3)c3ccccc3)c3cccc4c23)cc1. The number of hydrogen-bond acceptors (Lipinski definition) is 3. The van der Waals surface area contributed by atoms with Crippen molar-refractivity contribution in [3.05, 3.63) is 306 Å². The van der Waals surface area contributed by atoms with Crippen molar-refractivity contribution < 1.29 is 0 Å². The van der Waals surface area contributed by atoms with Crippen molar-refractivity contribution in [2.75, 3.05) is 14.7 Å². The van der Waals surface area contributed by atoms with Crippen molar-refractivity contribution in [3.8, 4) is 0 Å². The lowest BCUT2D eigenvalue weighted by Gasteiger charge is -2.40. The van der Waals surface area contributed by atoms with E-state index < -0.39 is 10.8 Å². The van der Waals surface area contributed by atoms with Gasteiger partial charge >= 0.3 is 0 Å². The van der Waals surface area contributed by atoms with Gasteiger partial charge in [0.1, 0.15) is 0 Å². The molecule has 0 fully saturated rings. The zero-order valence-electron chi connectivity index (χ0n) is 38.8. The van der Waals surface area contributed by atoms with Gasteiger partial charge in [-0.05, 0) is 141 Å². The number of para-hydroxylation sites is 6. The number of anilines is 9. The van der Waals surface area contributed by atoms with Gasteiger partial charge in [0.2, 0.25) is 0 Å². The number of rotatable bonds is 9. The van der Waals surface area contributed by atoms with Crippen molar-refractivity contribution in [1.29, 1.82) is 0 Å². The Bertz CT molecular complexity index is 3470. The van der Waals surface area contributed by atoms with Crippen LogP contribution in [-0.4, -0.2) is 0 Å². The molecule has 0 amide bonds. The van der Waals surface area contributed by atoms with Crippen LogP contribution in [0.4, 0.5) is 51.2 Å². The molecule has 0 spiro atoms. The molecule has 0 bridgehead atoms. The largest absolute Gasteiger partial charge is 0.310 e. The third kappa shape index (κ3) is 5.22. The Kier molecular flexibility index (Phi) is 8.49. The van der Waals surface area contributed by atoms with Gasteiger partial charge in [-0.1, -0.05) is 182 Å². The fourth-order valence-corrected chi connectivity index (χ4v) is 13.5. The molecule has 0 saturated heterocycles. The highest BCUT2D eigenvalue weighted by atomic mass is 15.2. The lowest BCUT2D eigenvalue weighted by atomic mass is 9.59. The van der Waals surface area contributed by atoms with Gasteiger partial charge in [-0.2, -0.15) is 0 Å². The average molecular weight is 904 g/mol. The Balaban J connectivity index is 1.06. The molecule has 71 heavy (non-hydrogen) atoms. The molecular formula is C68H45N3. The van der Waals surface area contributed by atoms with E-state index in [2.05, 4.69) is 288 Å². The van der Waals surface area contributed by atoms with Gasteiger partial charge in [-0.15, -0.1) is 0 Å². The highest BCUT2D eigenvalue weighted by Gasteiger charge is 2.70. The molecule has 0 N–H and O–H groups in total. The van der Waals surface area contributed by atoms with Crippen LogP contribution < -0.4 is 14.7 Å². The fraction of sp³-hybridized carbons (Fsp3) is 0.0294. The zero-order chi connectivity index (χ0) is 46.7. The summed E-state index contributed by atoms with van der Waals surface area (Å²) in [5, 5.41) is 7.76. The minimum absolute atomic E-state index is 0.590. The van der Waals surface area contributed by atoms with Crippen LogP contribution in [-0.2, 0) is 10.8 Å². The van der Waals surface area contributed by atoms with Gasteiger partial charge in [-0.3, -0.25) is 0 Å². The summed E-state index contributed by atoms with van der Waals surface area (Å²) < 4.78 is 0. The monoisotopic (exact) mass is 903 g/mol. The topological polar surface area (TPSA) is 9.72 Å². The van der Waals surface area contributed by atoms with E-state index in [0.29, 0.717) is 0 Å². The van der Waals surface area contributed by atoms with E-state index in [-0.39, 0.29) is 0 Å². The summed E-state index contributed by atoms with van der Waals surface area (Å²) in [5.41, 5.74) is 17.2. The van der Waals surface area contributed by atoms with Crippen molar-refractivity contribution in [1.82, 2.24) is 0 Å². The zero-order valence-corrected chi connectivity index (χ0v) is 38.8. The molecule has 3 aliphatic carbocycles. The molecule has 0 aromatic heterocycles. The molecule has 12 aromatic rings. The summed E-state index contributed by atoms with van der Waals surface area (Å²) in [6.07, 6.45) is 0. The van der Waals surface area contributed by atoms with Crippen LogP contribution in [0, 0.1) is 0 Å². The maximum absolute atomic E-state index is 2.50. The molecule has 0 aliphatic heterocycles. The van der Waals surface area contributed by atoms with E-state index in [0.717, 1.165) is 34.1 Å². The van der Waals surface area contributed by atoms with Gasteiger partial charge in [-0.25, -0.2) is 0 Å². The third-order valence-electron chi connectivity index (χ3n) is 15.8.